The lowest BCUT2D eigenvalue weighted by Crippen LogP contribution is -2.42. The molecule has 5 nitrogen and oxygen atoms in total. The molecule has 0 saturated carbocycles. The molecule has 0 saturated heterocycles. The highest BCUT2D eigenvalue weighted by atomic mass is 16.4. The van der Waals surface area contributed by atoms with Crippen molar-refractivity contribution in [3.63, 3.8) is 0 Å². The summed E-state index contributed by atoms with van der Waals surface area (Å²) in [6.07, 6.45) is 0. The van der Waals surface area contributed by atoms with Crippen LogP contribution in [0.3, 0.4) is 0 Å². The van der Waals surface area contributed by atoms with Crippen molar-refractivity contribution in [1.29, 1.82) is 0 Å². The normalized spacial score (nSPS) is 9.89. The van der Waals surface area contributed by atoms with Crippen molar-refractivity contribution in [3.05, 3.63) is 29.8 Å². The molecule has 1 aromatic rings. The van der Waals surface area contributed by atoms with E-state index in [0.717, 1.165) is 0 Å². The molecule has 110 valence electrons. The highest BCUT2D eigenvalue weighted by Crippen LogP contribution is 2.10. The second kappa shape index (κ2) is 9.35. The molecule has 19 heavy (non-hydrogen) atoms. The summed E-state index contributed by atoms with van der Waals surface area (Å²) >= 11 is 0. The molecular weight excluding hydrogens is 246 g/mol. The van der Waals surface area contributed by atoms with Gasteiger partial charge in [-0.25, -0.2) is 4.79 Å². The number of carboxylic acid groups (broad SMARTS) is 1. The molecule has 0 aromatic heterocycles. The zero-order chi connectivity index (χ0) is 14.2. The maximum atomic E-state index is 10.7. The maximum absolute atomic E-state index is 10.7. The van der Waals surface area contributed by atoms with Crippen LogP contribution in [0, 0.1) is 0 Å². The summed E-state index contributed by atoms with van der Waals surface area (Å²) in [5.74, 6) is -1.62. The van der Waals surface area contributed by atoms with Crippen molar-refractivity contribution in [2.75, 3.05) is 26.7 Å². The molecule has 0 fully saturated rings. The van der Waals surface area contributed by atoms with Crippen molar-refractivity contribution in [3.8, 4) is 5.75 Å². The Balaban J connectivity index is 0. The van der Waals surface area contributed by atoms with Gasteiger partial charge in [-0.3, -0.25) is 0 Å². The zero-order valence-corrected chi connectivity index (χ0v) is 12.1. The van der Waals surface area contributed by atoms with E-state index in [9.17, 15) is 9.90 Å². The summed E-state index contributed by atoms with van der Waals surface area (Å²) in [6.45, 7) is 10.5. The molecule has 3 N–H and O–H groups in total. The van der Waals surface area contributed by atoms with E-state index in [0.29, 0.717) is 0 Å². The summed E-state index contributed by atoms with van der Waals surface area (Å²) in [5, 5.41) is 19.0. The molecule has 5 heteroatoms. The minimum absolute atomic E-state index is 0. The summed E-state index contributed by atoms with van der Waals surface area (Å²) in [5.41, 5.74) is -0.178. The van der Waals surface area contributed by atoms with Crippen LogP contribution in [0.5, 0.6) is 5.75 Å². The second-order valence-electron chi connectivity index (χ2n) is 4.37. The van der Waals surface area contributed by atoms with Crippen LogP contribution >= 0.6 is 0 Å². The van der Waals surface area contributed by atoms with Gasteiger partial charge in [-0.2, -0.15) is 0 Å². The molecule has 1 rings (SSSR count). The lowest BCUT2D eigenvalue weighted by Gasteiger charge is -2.30. The van der Waals surface area contributed by atoms with Crippen molar-refractivity contribution >= 4 is 5.97 Å². The Morgan fingerprint density at radius 3 is 1.79 bits per heavy atom. The summed E-state index contributed by atoms with van der Waals surface area (Å²) in [6, 6.07) is 5.54. The van der Waals surface area contributed by atoms with E-state index in [-0.39, 0.29) is 11.0 Å². The minimum Gasteiger partial charge on any atom is -0.872 e. The van der Waals surface area contributed by atoms with Gasteiger partial charge < -0.3 is 20.2 Å². The number of para-hydroxylation sites is 1. The highest BCUT2D eigenvalue weighted by molar-refractivity contribution is 5.90. The van der Waals surface area contributed by atoms with Gasteiger partial charge in [-0.05, 0) is 26.8 Å². The molecule has 0 amide bonds. The third-order valence-corrected chi connectivity index (χ3v) is 3.41. The number of carbonyl (C=O) groups is 1. The average Bonchev–Trinajstić information content (AvgIpc) is 2.39. The molecule has 0 aliphatic heterocycles. The molecule has 0 atom stereocenters. The maximum Gasteiger partial charge on any atom is 0.335 e. The van der Waals surface area contributed by atoms with Gasteiger partial charge in [-0.15, -0.1) is 0 Å². The number of quaternary nitrogens is 1. The number of hydrogen-bond acceptors (Lipinski definition) is 2. The fourth-order valence-corrected chi connectivity index (χ4v) is 1.31. The smallest absolute Gasteiger partial charge is 0.335 e. The van der Waals surface area contributed by atoms with Gasteiger partial charge in [0.2, 0.25) is 0 Å². The molecule has 0 aliphatic carbocycles. The Morgan fingerprint density at radius 2 is 1.58 bits per heavy atom. The molecule has 0 spiro atoms. The minimum atomic E-state index is -1.18. The quantitative estimate of drug-likeness (QED) is 0.832. The number of benzene rings is 1. The predicted molar refractivity (Wildman–Crippen MR) is 74.3 cm³/mol. The van der Waals surface area contributed by atoms with E-state index >= 15 is 0 Å². The topological polar surface area (TPSA) is 91.9 Å². The molecule has 0 aliphatic rings. The lowest BCUT2D eigenvalue weighted by molar-refractivity contribution is -0.904. The van der Waals surface area contributed by atoms with Gasteiger partial charge in [0.25, 0.3) is 0 Å². The van der Waals surface area contributed by atoms with Crippen LogP contribution in [0.25, 0.3) is 0 Å². The van der Waals surface area contributed by atoms with Crippen LogP contribution in [-0.2, 0) is 0 Å². The van der Waals surface area contributed by atoms with Gasteiger partial charge in [0.1, 0.15) is 0 Å². The van der Waals surface area contributed by atoms with Crippen LogP contribution in [0.4, 0.5) is 0 Å². The Labute approximate surface area is 115 Å². The van der Waals surface area contributed by atoms with Gasteiger partial charge in [0.05, 0.1) is 32.2 Å². The first-order chi connectivity index (χ1) is 8.40. The van der Waals surface area contributed by atoms with Crippen LogP contribution in [0.2, 0.25) is 0 Å². The molecule has 0 heterocycles. The van der Waals surface area contributed by atoms with Crippen LogP contribution in [0.15, 0.2) is 24.3 Å². The largest absolute Gasteiger partial charge is 0.872 e. The van der Waals surface area contributed by atoms with Gasteiger partial charge >= 0.3 is 5.97 Å². The summed E-state index contributed by atoms with van der Waals surface area (Å²) in [4.78, 5) is 10.2. The molecule has 0 bridgehead atoms. The number of aromatic carboxylic acids is 1. The van der Waals surface area contributed by atoms with E-state index in [1.807, 2.05) is 0 Å². The van der Waals surface area contributed by atoms with E-state index in [2.05, 4.69) is 27.8 Å². The molecule has 0 radical (unpaired) electrons. The van der Waals surface area contributed by atoms with E-state index < -0.39 is 11.7 Å². The number of carboxylic acids is 1. The van der Waals surface area contributed by atoms with Gasteiger partial charge in [0.15, 0.2) is 0 Å². The third kappa shape index (κ3) is 6.79. The van der Waals surface area contributed by atoms with Crippen molar-refractivity contribution < 1.29 is 25.0 Å². The highest BCUT2D eigenvalue weighted by Gasteiger charge is 2.10. The van der Waals surface area contributed by atoms with E-state index in [1.165, 1.54) is 48.4 Å². The van der Waals surface area contributed by atoms with Gasteiger partial charge in [-0.1, -0.05) is 23.9 Å². The standard InChI is InChI=1S/C7H18N.C7H6O3.H2O/c1-5-8(4,6-2)7-3;8-6-4-2-1-3-5(6)7(9)10;/h5-7H2,1-4H3;1-4,8H,(H,9,10);1H2/q+1;;/p-1. The summed E-state index contributed by atoms with van der Waals surface area (Å²) < 4.78 is 1.21. The predicted octanol–water partition coefficient (Wildman–Crippen LogP) is 1.13. The number of rotatable bonds is 4. The Hall–Kier alpha value is -1.59. The SMILES string of the molecule is CC[N+](C)(CC)CC.O.O=C(O)c1ccccc1[O-]. The Morgan fingerprint density at radius 1 is 1.16 bits per heavy atom. The monoisotopic (exact) mass is 271 g/mol. The summed E-state index contributed by atoms with van der Waals surface area (Å²) in [7, 11) is 2.29. The van der Waals surface area contributed by atoms with Crippen molar-refractivity contribution in [2.24, 2.45) is 0 Å². The first-order valence-corrected chi connectivity index (χ1v) is 6.23. The molecular formula is C14H25NO4. The van der Waals surface area contributed by atoms with Crippen LogP contribution < -0.4 is 5.11 Å². The first-order valence-electron chi connectivity index (χ1n) is 6.23. The van der Waals surface area contributed by atoms with E-state index in [1.54, 1.807) is 0 Å². The van der Waals surface area contributed by atoms with Gasteiger partial charge in [0, 0.05) is 0 Å². The molecule has 0 unspecified atom stereocenters. The van der Waals surface area contributed by atoms with Crippen LogP contribution in [-0.4, -0.2) is 47.7 Å². The van der Waals surface area contributed by atoms with Crippen LogP contribution in [0.1, 0.15) is 31.1 Å². The molecule has 1 aromatic carbocycles. The first kappa shape index (κ1) is 19.7. The second-order valence-corrected chi connectivity index (χ2v) is 4.37. The Bertz CT molecular complexity index is 367. The van der Waals surface area contributed by atoms with Crippen molar-refractivity contribution in [1.82, 2.24) is 0 Å². The Kier molecular flexibility index (Phi) is 9.72. The third-order valence-electron chi connectivity index (χ3n) is 3.41. The number of nitrogens with zero attached hydrogens (tertiary/aromatic N) is 1. The fourth-order valence-electron chi connectivity index (χ4n) is 1.31. The fraction of sp³-hybridized carbons (Fsp3) is 0.500. The number of hydrogen-bond donors (Lipinski definition) is 1. The van der Waals surface area contributed by atoms with Crippen molar-refractivity contribution in [2.45, 2.75) is 20.8 Å². The lowest BCUT2D eigenvalue weighted by atomic mass is 10.2. The zero-order valence-electron chi connectivity index (χ0n) is 12.1. The average molecular weight is 271 g/mol. The van der Waals surface area contributed by atoms with E-state index in [4.69, 9.17) is 5.11 Å².